The maximum absolute atomic E-state index is 13.1. The van der Waals surface area contributed by atoms with Gasteiger partial charge in [0.05, 0.1) is 34.3 Å². The Morgan fingerprint density at radius 3 is 2.41 bits per heavy atom. The highest BCUT2D eigenvalue weighted by molar-refractivity contribution is 6.06. The molecule has 2 aromatic heterocycles. The van der Waals surface area contributed by atoms with Gasteiger partial charge >= 0.3 is 6.09 Å². The lowest BCUT2D eigenvalue weighted by atomic mass is 10.1. The first kappa shape index (κ1) is 29.3. The van der Waals surface area contributed by atoms with Crippen LogP contribution in [0.4, 0.5) is 22.0 Å². The van der Waals surface area contributed by atoms with Crippen molar-refractivity contribution in [1.82, 2.24) is 20.3 Å². The van der Waals surface area contributed by atoms with E-state index in [2.05, 4.69) is 25.6 Å². The molecular weight excluding hydrogens is 562 g/mol. The minimum Gasteiger partial charge on any atom is -0.445 e. The first-order chi connectivity index (χ1) is 21.4. The number of carbonyl (C=O) groups is 2. The van der Waals surface area contributed by atoms with Crippen LogP contribution in [0.1, 0.15) is 21.6 Å². The Kier molecular flexibility index (Phi) is 9.11. The molecule has 3 aromatic carbocycles. The summed E-state index contributed by atoms with van der Waals surface area (Å²) in [6.07, 6.45) is 4.46. The molecule has 0 radical (unpaired) electrons. The van der Waals surface area contributed by atoms with Crippen molar-refractivity contribution >= 4 is 29.2 Å². The molecule has 0 unspecified atom stereocenters. The Balaban J connectivity index is 1.20. The number of amides is 2. The summed E-state index contributed by atoms with van der Waals surface area (Å²) in [6.45, 7) is 0.596. The quantitative estimate of drug-likeness (QED) is 0.142. The van der Waals surface area contributed by atoms with Gasteiger partial charge in [-0.15, -0.1) is 0 Å². The molecule has 0 aliphatic heterocycles. The number of aromatic nitrogens is 3. The third-order valence-electron chi connectivity index (χ3n) is 6.57. The Morgan fingerprint density at radius 2 is 1.64 bits per heavy atom. The van der Waals surface area contributed by atoms with Crippen molar-refractivity contribution in [1.29, 1.82) is 0 Å². The van der Waals surface area contributed by atoms with Crippen molar-refractivity contribution in [2.75, 3.05) is 17.6 Å². The monoisotopic (exact) mass is 589 g/mol. The number of nitrogens with zero attached hydrogens (tertiary/aromatic N) is 4. The van der Waals surface area contributed by atoms with E-state index in [0.717, 1.165) is 11.1 Å². The first-order valence-electron chi connectivity index (χ1n) is 13.5. The van der Waals surface area contributed by atoms with Crippen LogP contribution in [0.25, 0.3) is 22.4 Å². The third kappa shape index (κ3) is 7.36. The van der Waals surface area contributed by atoms with Gasteiger partial charge in [-0.2, -0.15) is 0 Å². The fourth-order valence-electron chi connectivity index (χ4n) is 4.35. The highest BCUT2D eigenvalue weighted by Gasteiger charge is 2.18. The van der Waals surface area contributed by atoms with Crippen LogP contribution in [0.2, 0.25) is 0 Å². The van der Waals surface area contributed by atoms with E-state index in [-0.39, 0.29) is 23.8 Å². The van der Waals surface area contributed by atoms with Gasteiger partial charge in [-0.25, -0.2) is 14.8 Å². The molecule has 0 aliphatic carbocycles. The van der Waals surface area contributed by atoms with Crippen molar-refractivity contribution in [2.24, 2.45) is 0 Å². The molecule has 2 heterocycles. The number of nitro groups is 1. The second-order valence-electron chi connectivity index (χ2n) is 9.62. The number of nitrogen functional groups attached to an aromatic ring is 1. The predicted molar refractivity (Wildman–Crippen MR) is 164 cm³/mol. The molecule has 0 atom stereocenters. The van der Waals surface area contributed by atoms with Gasteiger partial charge in [-0.1, -0.05) is 66.7 Å². The van der Waals surface area contributed by atoms with Crippen LogP contribution in [0, 0.1) is 10.1 Å². The molecule has 0 saturated heterocycles. The summed E-state index contributed by atoms with van der Waals surface area (Å²) in [4.78, 5) is 48.8. The number of para-hydroxylation sites is 1. The maximum Gasteiger partial charge on any atom is 0.407 e. The van der Waals surface area contributed by atoms with Crippen molar-refractivity contribution in [2.45, 2.75) is 13.0 Å². The number of nitrogens with one attached hydrogen (secondary N) is 2. The number of hydrogen-bond acceptors (Lipinski definition) is 9. The molecule has 0 saturated carbocycles. The van der Waals surface area contributed by atoms with E-state index < -0.39 is 16.9 Å². The number of pyridine rings is 1. The van der Waals surface area contributed by atoms with E-state index in [1.165, 1.54) is 24.7 Å². The number of alkyl carbamates (subject to hydrolysis) is 1. The van der Waals surface area contributed by atoms with Crippen LogP contribution in [-0.2, 0) is 17.8 Å². The average molecular weight is 590 g/mol. The number of carbonyl (C=O) groups excluding carboxylic acids is 2. The smallest absolute Gasteiger partial charge is 0.407 e. The van der Waals surface area contributed by atoms with Gasteiger partial charge in [-0.05, 0) is 29.7 Å². The topological polar surface area (TPSA) is 175 Å². The molecule has 0 bridgehead atoms. The number of nitro benzene ring substituents is 1. The van der Waals surface area contributed by atoms with E-state index in [1.807, 2.05) is 54.6 Å². The summed E-state index contributed by atoms with van der Waals surface area (Å²) in [5.41, 5.74) is 9.99. The Labute approximate surface area is 252 Å². The van der Waals surface area contributed by atoms with E-state index in [1.54, 1.807) is 24.3 Å². The predicted octanol–water partition coefficient (Wildman–Crippen LogP) is 5.42. The zero-order chi connectivity index (χ0) is 30.9. The second-order valence-corrected chi connectivity index (χ2v) is 9.62. The minimum atomic E-state index is -0.611. The largest absolute Gasteiger partial charge is 0.445 e. The molecule has 4 N–H and O–H groups in total. The molecule has 220 valence electrons. The van der Waals surface area contributed by atoms with Crippen molar-refractivity contribution in [3.05, 3.63) is 130 Å². The standard InChI is InChI=1S/C32H27N7O5/c33-30-29(31(40)37-25-16-24(17-34-18-25)26-8-4-5-9-28(26)39(42)43)38-27(19-36-30)23-12-10-21(11-13-23)14-15-35-32(41)44-20-22-6-2-1-3-7-22/h1-13,16-19H,14-15,20H2,(H2,33,36)(H,35,41)(H,37,40). The van der Waals surface area contributed by atoms with E-state index in [9.17, 15) is 19.7 Å². The summed E-state index contributed by atoms with van der Waals surface area (Å²) in [6, 6.07) is 24.7. The first-order valence-corrected chi connectivity index (χ1v) is 13.5. The number of nitrogens with two attached hydrogens (primary N) is 1. The fraction of sp³-hybridized carbons (Fsp3) is 0.0938. The van der Waals surface area contributed by atoms with E-state index >= 15 is 0 Å². The molecule has 5 aromatic rings. The number of ether oxygens (including phenoxy) is 1. The van der Waals surface area contributed by atoms with Crippen LogP contribution >= 0.6 is 0 Å². The summed E-state index contributed by atoms with van der Waals surface area (Å²) >= 11 is 0. The summed E-state index contributed by atoms with van der Waals surface area (Å²) in [5, 5.41) is 16.9. The van der Waals surface area contributed by atoms with E-state index in [0.29, 0.717) is 41.0 Å². The van der Waals surface area contributed by atoms with Crippen LogP contribution in [0.15, 0.2) is 104 Å². The fourth-order valence-corrected chi connectivity index (χ4v) is 4.35. The highest BCUT2D eigenvalue weighted by atomic mass is 16.6. The van der Waals surface area contributed by atoms with Gasteiger partial charge < -0.3 is 21.1 Å². The zero-order valence-electron chi connectivity index (χ0n) is 23.3. The molecule has 2 amide bonds. The number of anilines is 2. The summed E-state index contributed by atoms with van der Waals surface area (Å²) in [7, 11) is 0. The molecular formula is C32H27N7O5. The van der Waals surface area contributed by atoms with Crippen LogP contribution in [-0.4, -0.2) is 38.4 Å². The molecule has 0 aliphatic rings. The molecule has 12 nitrogen and oxygen atoms in total. The number of rotatable bonds is 10. The van der Waals surface area contributed by atoms with Gasteiger partial charge in [0.15, 0.2) is 11.5 Å². The Bertz CT molecular complexity index is 1800. The van der Waals surface area contributed by atoms with E-state index in [4.69, 9.17) is 10.5 Å². The molecule has 0 spiro atoms. The van der Waals surface area contributed by atoms with Gasteiger partial charge in [0.25, 0.3) is 11.6 Å². The zero-order valence-corrected chi connectivity index (χ0v) is 23.3. The third-order valence-corrected chi connectivity index (χ3v) is 6.57. The SMILES string of the molecule is Nc1ncc(-c2ccc(CCNC(=O)OCc3ccccc3)cc2)nc1C(=O)Nc1cncc(-c2ccccc2[N+](=O)[O-])c1. The molecule has 44 heavy (non-hydrogen) atoms. The highest BCUT2D eigenvalue weighted by Crippen LogP contribution is 2.30. The number of benzene rings is 3. The second kappa shape index (κ2) is 13.7. The van der Waals surface area contributed by atoms with Gasteiger partial charge in [0.2, 0.25) is 0 Å². The summed E-state index contributed by atoms with van der Waals surface area (Å²) < 4.78 is 5.22. The lowest BCUT2D eigenvalue weighted by Gasteiger charge is -2.10. The lowest BCUT2D eigenvalue weighted by molar-refractivity contribution is -0.384. The number of hydrogen-bond donors (Lipinski definition) is 3. The van der Waals surface area contributed by atoms with Crippen LogP contribution < -0.4 is 16.4 Å². The maximum atomic E-state index is 13.1. The van der Waals surface area contributed by atoms with Crippen LogP contribution in [0.3, 0.4) is 0 Å². The van der Waals surface area contributed by atoms with Crippen molar-refractivity contribution in [3.63, 3.8) is 0 Å². The lowest BCUT2D eigenvalue weighted by Crippen LogP contribution is -2.26. The normalized spacial score (nSPS) is 10.5. The van der Waals surface area contributed by atoms with Gasteiger partial charge in [0.1, 0.15) is 6.61 Å². The molecule has 5 rings (SSSR count). The van der Waals surface area contributed by atoms with Crippen LogP contribution in [0.5, 0.6) is 0 Å². The average Bonchev–Trinajstić information content (AvgIpc) is 3.05. The summed E-state index contributed by atoms with van der Waals surface area (Å²) in [5.74, 6) is -0.670. The van der Waals surface area contributed by atoms with Crippen molar-refractivity contribution < 1.29 is 19.2 Å². The molecule has 0 fully saturated rings. The Hall–Kier alpha value is -6.17. The van der Waals surface area contributed by atoms with Gasteiger partial charge in [-0.3, -0.25) is 19.9 Å². The van der Waals surface area contributed by atoms with Crippen molar-refractivity contribution in [3.8, 4) is 22.4 Å². The van der Waals surface area contributed by atoms with Gasteiger partial charge in [0, 0.05) is 29.9 Å². The molecule has 12 heteroatoms. The Morgan fingerprint density at radius 1 is 0.886 bits per heavy atom. The minimum absolute atomic E-state index is 0.0593.